The maximum atomic E-state index is 13.8. The van der Waals surface area contributed by atoms with Gasteiger partial charge in [-0.1, -0.05) is 44.2 Å². The third kappa shape index (κ3) is 8.20. The number of H-pyrrole nitrogens is 1. The molecule has 1 saturated heterocycles. The molecule has 3 aromatic rings. The minimum absolute atomic E-state index is 0.0705. The van der Waals surface area contributed by atoms with Crippen molar-refractivity contribution in [3.8, 4) is 0 Å². The van der Waals surface area contributed by atoms with Gasteiger partial charge in [0.15, 0.2) is 0 Å². The van der Waals surface area contributed by atoms with Gasteiger partial charge in [0.05, 0.1) is 0 Å². The lowest BCUT2D eigenvalue weighted by Gasteiger charge is -2.33. The Bertz CT molecular complexity index is 1510. The van der Waals surface area contributed by atoms with E-state index in [0.717, 1.165) is 35.7 Å². The number of aromatic nitrogens is 1. The van der Waals surface area contributed by atoms with Gasteiger partial charge in [-0.3, -0.25) is 9.59 Å². The maximum Gasteiger partial charge on any atom is 0.326 e. The van der Waals surface area contributed by atoms with Crippen molar-refractivity contribution in [2.24, 2.45) is 17.8 Å². The van der Waals surface area contributed by atoms with E-state index in [9.17, 15) is 28.7 Å². The van der Waals surface area contributed by atoms with Gasteiger partial charge >= 0.3 is 12.0 Å². The smallest absolute Gasteiger partial charge is 0.326 e. The highest BCUT2D eigenvalue weighted by molar-refractivity contribution is 5.94. The normalized spacial score (nSPS) is 19.6. The Morgan fingerprint density at radius 2 is 1.53 bits per heavy atom. The van der Waals surface area contributed by atoms with Crippen molar-refractivity contribution < 1.29 is 28.7 Å². The summed E-state index contributed by atoms with van der Waals surface area (Å²) in [5, 5.41) is 19.1. The number of para-hydroxylation sites is 1. The number of fused-ring (bicyclic) bond motifs is 3. The molecule has 45 heavy (non-hydrogen) atoms. The van der Waals surface area contributed by atoms with E-state index in [2.05, 4.69) is 20.9 Å². The number of likely N-dealkylation sites (tertiary alicyclic amines) is 1. The summed E-state index contributed by atoms with van der Waals surface area (Å²) in [5.41, 5.74) is 2.16. The first-order valence-corrected chi connectivity index (χ1v) is 15.7. The molecule has 1 aromatic heterocycles. The van der Waals surface area contributed by atoms with Gasteiger partial charge in [0, 0.05) is 43.0 Å². The minimum Gasteiger partial charge on any atom is -0.480 e. The lowest BCUT2D eigenvalue weighted by molar-refractivity contribution is -0.142. The number of rotatable bonds is 12. The number of urea groups is 1. The van der Waals surface area contributed by atoms with Gasteiger partial charge < -0.3 is 30.9 Å². The van der Waals surface area contributed by atoms with E-state index in [4.69, 9.17) is 0 Å². The highest BCUT2D eigenvalue weighted by atomic mass is 19.1. The summed E-state index contributed by atoms with van der Waals surface area (Å²) in [6.07, 6.45) is 5.52. The van der Waals surface area contributed by atoms with Crippen LogP contribution in [-0.4, -0.2) is 70.0 Å². The van der Waals surface area contributed by atoms with Crippen LogP contribution < -0.4 is 16.0 Å². The summed E-state index contributed by atoms with van der Waals surface area (Å²) in [5.74, 6) is -1.84. The van der Waals surface area contributed by atoms with Gasteiger partial charge in [0.25, 0.3) is 0 Å². The molecule has 11 heteroatoms. The number of benzene rings is 2. The van der Waals surface area contributed by atoms with E-state index in [1.165, 1.54) is 24.3 Å². The van der Waals surface area contributed by atoms with Crippen LogP contribution in [0.25, 0.3) is 10.9 Å². The van der Waals surface area contributed by atoms with E-state index >= 15 is 0 Å². The number of aromatic amines is 1. The van der Waals surface area contributed by atoms with E-state index in [-0.39, 0.29) is 24.8 Å². The number of hydrogen-bond acceptors (Lipinski definition) is 4. The molecule has 0 radical (unpaired) electrons. The van der Waals surface area contributed by atoms with Crippen molar-refractivity contribution >= 4 is 34.7 Å². The van der Waals surface area contributed by atoms with Crippen LogP contribution in [-0.2, 0) is 27.2 Å². The molecular formula is C34H42FN5O5. The van der Waals surface area contributed by atoms with Crippen molar-refractivity contribution in [2.75, 3.05) is 13.1 Å². The topological polar surface area (TPSA) is 144 Å². The van der Waals surface area contributed by atoms with Crippen molar-refractivity contribution in [2.45, 2.75) is 70.5 Å². The van der Waals surface area contributed by atoms with E-state index in [1.54, 1.807) is 11.1 Å². The minimum atomic E-state index is -1.31. The molecule has 2 heterocycles. The molecule has 2 aliphatic rings. The Kier molecular flexibility index (Phi) is 10.0. The van der Waals surface area contributed by atoms with Gasteiger partial charge in [-0.2, -0.15) is 0 Å². The van der Waals surface area contributed by atoms with E-state index in [1.807, 2.05) is 38.1 Å². The molecule has 4 amide bonds. The van der Waals surface area contributed by atoms with Gasteiger partial charge in [-0.05, 0) is 72.8 Å². The van der Waals surface area contributed by atoms with Crippen LogP contribution in [0.1, 0.15) is 50.7 Å². The molecule has 2 bridgehead atoms. The zero-order valence-corrected chi connectivity index (χ0v) is 25.7. The Balaban J connectivity index is 1.34. The predicted octanol–water partition coefficient (Wildman–Crippen LogP) is 4.00. The molecule has 0 unspecified atom stereocenters. The van der Waals surface area contributed by atoms with Crippen LogP contribution in [0.2, 0.25) is 0 Å². The Morgan fingerprint density at radius 3 is 2.20 bits per heavy atom. The third-order valence-corrected chi connectivity index (χ3v) is 8.92. The Labute approximate surface area is 262 Å². The molecular weight excluding hydrogens is 577 g/mol. The number of carbonyl (C=O) groups excluding carboxylic acids is 3. The molecule has 5 atom stereocenters. The summed E-state index contributed by atoms with van der Waals surface area (Å²) < 4.78 is 13.4. The second-order valence-electron chi connectivity index (χ2n) is 12.9. The highest BCUT2D eigenvalue weighted by Crippen LogP contribution is 2.36. The van der Waals surface area contributed by atoms with Crippen LogP contribution in [0.4, 0.5) is 9.18 Å². The number of carbonyl (C=O) groups is 4. The van der Waals surface area contributed by atoms with Crippen molar-refractivity contribution in [3.05, 3.63) is 71.7 Å². The number of nitrogens with zero attached hydrogens (tertiary/aromatic N) is 1. The van der Waals surface area contributed by atoms with Crippen molar-refractivity contribution in [3.63, 3.8) is 0 Å². The average molecular weight is 620 g/mol. The molecule has 1 aliphatic heterocycles. The summed E-state index contributed by atoms with van der Waals surface area (Å²) >= 11 is 0. The van der Waals surface area contributed by atoms with Crippen LogP contribution in [0.3, 0.4) is 0 Å². The lowest BCUT2D eigenvalue weighted by Crippen LogP contribution is -2.58. The fourth-order valence-corrected chi connectivity index (χ4v) is 6.65. The molecule has 2 aromatic carbocycles. The largest absolute Gasteiger partial charge is 0.480 e. The standard InChI is InChI=1S/C34H42FN5O5/c1-20(2)13-28(39-34(45)40-18-22-7-8-23(14-22)19-40)31(41)37-29(16-24-17-36-27-6-4-3-5-26(24)27)32(42)38-30(33(43)44)15-21-9-11-25(35)12-10-21/h3-6,9-12,17,20,22-23,28-30,36H,7-8,13-16,18-19H2,1-2H3,(H,37,41)(H,38,42)(H,39,45)(H,43,44)/t22-,23+,28-,29+,30+/m0/s1. The number of amides is 4. The highest BCUT2D eigenvalue weighted by Gasteiger charge is 2.37. The first-order valence-electron chi connectivity index (χ1n) is 15.7. The number of carboxylic acids is 1. The summed E-state index contributed by atoms with van der Waals surface area (Å²) in [6.45, 7) is 5.26. The lowest BCUT2D eigenvalue weighted by atomic mass is 9.99. The first-order chi connectivity index (χ1) is 21.5. The SMILES string of the molecule is CC(C)C[C@H](NC(=O)N1C[C@@H]2CC[C@@H](C2)C1)C(=O)N[C@H](Cc1c[nH]c2ccccc12)C(=O)N[C@H](Cc1ccc(F)cc1)C(=O)O. The summed E-state index contributed by atoms with van der Waals surface area (Å²) in [6, 6.07) is 9.34. The monoisotopic (exact) mass is 619 g/mol. The molecule has 1 aliphatic carbocycles. The quantitative estimate of drug-likeness (QED) is 0.208. The fraction of sp³-hybridized carbons (Fsp3) is 0.471. The average Bonchev–Trinajstić information content (AvgIpc) is 3.57. The number of carboxylic acid groups (broad SMARTS) is 1. The van der Waals surface area contributed by atoms with E-state index < -0.39 is 41.7 Å². The molecule has 1 saturated carbocycles. The van der Waals surface area contributed by atoms with Gasteiger partial charge in [-0.15, -0.1) is 0 Å². The summed E-state index contributed by atoms with van der Waals surface area (Å²) in [4.78, 5) is 58.0. The fourth-order valence-electron chi connectivity index (χ4n) is 6.65. The van der Waals surface area contributed by atoms with Gasteiger partial charge in [0.2, 0.25) is 11.8 Å². The molecule has 0 spiro atoms. The van der Waals surface area contributed by atoms with Gasteiger partial charge in [-0.25, -0.2) is 14.0 Å². The number of hydrogen-bond donors (Lipinski definition) is 5. The second kappa shape index (κ2) is 14.1. The molecule has 5 N–H and O–H groups in total. The number of aliphatic carboxylic acids is 1. The molecule has 240 valence electrons. The molecule has 2 fully saturated rings. The maximum absolute atomic E-state index is 13.8. The number of piperidine rings is 1. The zero-order valence-electron chi connectivity index (χ0n) is 25.7. The van der Waals surface area contributed by atoms with Crippen LogP contribution >= 0.6 is 0 Å². The third-order valence-electron chi connectivity index (χ3n) is 8.92. The van der Waals surface area contributed by atoms with Crippen LogP contribution in [0.5, 0.6) is 0 Å². The molecule has 5 rings (SSSR count). The number of nitrogens with one attached hydrogen (secondary N) is 4. The van der Waals surface area contributed by atoms with Crippen LogP contribution in [0.15, 0.2) is 54.7 Å². The van der Waals surface area contributed by atoms with E-state index in [0.29, 0.717) is 36.9 Å². The molecule has 10 nitrogen and oxygen atoms in total. The van der Waals surface area contributed by atoms with Gasteiger partial charge in [0.1, 0.15) is 23.9 Å². The summed E-state index contributed by atoms with van der Waals surface area (Å²) in [7, 11) is 0. The first kappa shape index (κ1) is 32.0. The van der Waals surface area contributed by atoms with Crippen molar-refractivity contribution in [1.29, 1.82) is 0 Å². The Morgan fingerprint density at radius 1 is 0.889 bits per heavy atom. The predicted molar refractivity (Wildman–Crippen MR) is 168 cm³/mol. The van der Waals surface area contributed by atoms with Crippen molar-refractivity contribution in [1.82, 2.24) is 25.8 Å². The Hall–Kier alpha value is -4.41. The zero-order chi connectivity index (χ0) is 32.1. The number of halogens is 1. The second-order valence-corrected chi connectivity index (χ2v) is 12.9. The van der Waals surface area contributed by atoms with Crippen LogP contribution in [0, 0.1) is 23.6 Å².